The molecule has 3 amide bonds. The van der Waals surface area contributed by atoms with Crippen LogP contribution in [0.5, 0.6) is 0 Å². The van der Waals surface area contributed by atoms with Crippen LogP contribution in [0.2, 0.25) is 0 Å². The maximum atomic E-state index is 12.0. The van der Waals surface area contributed by atoms with Crippen LogP contribution in [0.3, 0.4) is 0 Å². The molecule has 23 heavy (non-hydrogen) atoms. The molecule has 3 N–H and O–H groups in total. The van der Waals surface area contributed by atoms with E-state index in [0.717, 1.165) is 10.6 Å². The fourth-order valence-electron chi connectivity index (χ4n) is 1.99. The number of hydrogen-bond donors (Lipinski definition) is 3. The number of para-hydroxylation sites is 1. The van der Waals surface area contributed by atoms with Crippen LogP contribution in [-0.2, 0) is 9.63 Å². The first kappa shape index (κ1) is 15.0. The molecule has 3 rings (SSSR count). The molecule has 8 heteroatoms. The Morgan fingerprint density at radius 2 is 1.96 bits per heavy atom. The van der Waals surface area contributed by atoms with Gasteiger partial charge in [-0.3, -0.25) is 10.2 Å². The Kier molecular flexibility index (Phi) is 4.53. The van der Waals surface area contributed by atoms with Crippen molar-refractivity contribution in [1.29, 1.82) is 0 Å². The van der Waals surface area contributed by atoms with Crippen molar-refractivity contribution in [1.82, 2.24) is 10.9 Å². The van der Waals surface area contributed by atoms with Gasteiger partial charge in [-0.25, -0.2) is 10.2 Å². The van der Waals surface area contributed by atoms with Crippen LogP contribution in [0.25, 0.3) is 0 Å². The zero-order chi connectivity index (χ0) is 16.1. The quantitative estimate of drug-likeness (QED) is 0.753. The van der Waals surface area contributed by atoms with Crippen molar-refractivity contribution < 1.29 is 14.4 Å². The number of nitrogens with zero attached hydrogens (tertiary/aromatic N) is 1. The van der Waals surface area contributed by atoms with Crippen LogP contribution >= 0.6 is 11.3 Å². The summed E-state index contributed by atoms with van der Waals surface area (Å²) in [6, 6.07) is 12.2. The van der Waals surface area contributed by atoms with Gasteiger partial charge in [0.15, 0.2) is 0 Å². The molecule has 0 spiro atoms. The number of hydrogen-bond acceptors (Lipinski definition) is 5. The fourth-order valence-corrected chi connectivity index (χ4v) is 2.71. The van der Waals surface area contributed by atoms with Crippen molar-refractivity contribution in [3.8, 4) is 0 Å². The minimum atomic E-state index is -0.746. The number of amides is 3. The van der Waals surface area contributed by atoms with Crippen molar-refractivity contribution in [3.63, 3.8) is 0 Å². The molecule has 1 aliphatic heterocycles. The first-order chi connectivity index (χ1) is 11.2. The molecule has 7 nitrogen and oxygen atoms in total. The highest BCUT2D eigenvalue weighted by Gasteiger charge is 2.29. The molecule has 0 radical (unpaired) electrons. The van der Waals surface area contributed by atoms with Gasteiger partial charge < -0.3 is 10.2 Å². The van der Waals surface area contributed by atoms with E-state index in [1.54, 1.807) is 24.3 Å². The molecule has 2 aromatic rings. The van der Waals surface area contributed by atoms with Crippen LogP contribution in [0.15, 0.2) is 53.0 Å². The zero-order valence-corrected chi connectivity index (χ0v) is 12.8. The standard InChI is InChI=1S/C15H14N4O3S/c20-14(12-9-11(19-22-12)13-7-4-8-23-13)17-18-15(21)16-10-5-2-1-3-6-10/h1-8,12H,9H2,(H,17,20)(H2,16,18,21)/t12-/m0/s1. The number of rotatable bonds is 3. The first-order valence-corrected chi connectivity index (χ1v) is 7.79. The predicted octanol–water partition coefficient (Wildman–Crippen LogP) is 2.09. The number of carbonyl (C=O) groups excluding carboxylic acids is 2. The third-order valence-corrected chi connectivity index (χ3v) is 4.02. The second-order valence-corrected chi connectivity index (χ2v) is 5.70. The van der Waals surface area contributed by atoms with E-state index in [1.807, 2.05) is 23.6 Å². The van der Waals surface area contributed by atoms with E-state index < -0.39 is 18.0 Å². The molecule has 0 saturated carbocycles. The maximum Gasteiger partial charge on any atom is 0.337 e. The van der Waals surface area contributed by atoms with Crippen LogP contribution in [0, 0.1) is 0 Å². The Balaban J connectivity index is 1.44. The first-order valence-electron chi connectivity index (χ1n) is 6.91. The number of hydrazine groups is 1. The molecule has 1 aromatic heterocycles. The minimum absolute atomic E-state index is 0.369. The molecular weight excluding hydrogens is 316 g/mol. The van der Waals surface area contributed by atoms with E-state index in [1.165, 1.54) is 11.3 Å². The lowest BCUT2D eigenvalue weighted by Gasteiger charge is -2.11. The maximum absolute atomic E-state index is 12.0. The van der Waals surface area contributed by atoms with E-state index in [-0.39, 0.29) is 0 Å². The van der Waals surface area contributed by atoms with E-state index in [9.17, 15) is 9.59 Å². The third-order valence-electron chi connectivity index (χ3n) is 3.10. The van der Waals surface area contributed by atoms with Gasteiger partial charge in [-0.15, -0.1) is 11.3 Å². The van der Waals surface area contributed by atoms with Gasteiger partial charge in [0, 0.05) is 12.1 Å². The molecule has 0 bridgehead atoms. The third kappa shape index (κ3) is 3.86. The fraction of sp³-hybridized carbons (Fsp3) is 0.133. The minimum Gasteiger partial charge on any atom is -0.382 e. The summed E-state index contributed by atoms with van der Waals surface area (Å²) in [6.45, 7) is 0. The highest BCUT2D eigenvalue weighted by Crippen LogP contribution is 2.20. The summed E-state index contributed by atoms with van der Waals surface area (Å²) < 4.78 is 0. The van der Waals surface area contributed by atoms with Crippen LogP contribution in [-0.4, -0.2) is 23.8 Å². The number of oxime groups is 1. The average Bonchev–Trinajstić information content (AvgIpc) is 3.24. The molecule has 118 valence electrons. The molecule has 2 heterocycles. The van der Waals surface area contributed by atoms with Gasteiger partial charge in [0.05, 0.1) is 4.88 Å². The van der Waals surface area contributed by atoms with E-state index in [4.69, 9.17) is 4.84 Å². The molecule has 0 saturated heterocycles. The van der Waals surface area contributed by atoms with Gasteiger partial charge in [-0.05, 0) is 23.6 Å². The second-order valence-electron chi connectivity index (χ2n) is 4.75. The Morgan fingerprint density at radius 1 is 1.13 bits per heavy atom. The number of carbonyl (C=O) groups is 2. The normalized spacial score (nSPS) is 16.2. The van der Waals surface area contributed by atoms with Crippen molar-refractivity contribution in [3.05, 3.63) is 52.7 Å². The van der Waals surface area contributed by atoms with Crippen molar-refractivity contribution in [2.24, 2.45) is 5.16 Å². The number of benzene rings is 1. The summed E-state index contributed by atoms with van der Waals surface area (Å²) in [4.78, 5) is 29.7. The molecule has 0 unspecified atom stereocenters. The lowest BCUT2D eigenvalue weighted by molar-refractivity contribution is -0.131. The molecule has 1 aromatic carbocycles. The molecular formula is C15H14N4O3S. The zero-order valence-electron chi connectivity index (χ0n) is 12.0. The SMILES string of the molecule is O=C(NNC(=O)[C@@H]1CC(c2cccs2)=NO1)Nc1ccccc1. The van der Waals surface area contributed by atoms with Crippen LogP contribution < -0.4 is 16.2 Å². The number of urea groups is 1. The van der Waals surface area contributed by atoms with Gasteiger partial charge in [0.25, 0.3) is 5.91 Å². The van der Waals surface area contributed by atoms with E-state index >= 15 is 0 Å². The van der Waals surface area contributed by atoms with Gasteiger partial charge >= 0.3 is 6.03 Å². The van der Waals surface area contributed by atoms with Gasteiger partial charge in [0.1, 0.15) is 5.71 Å². The Morgan fingerprint density at radius 3 is 2.70 bits per heavy atom. The van der Waals surface area contributed by atoms with Crippen LogP contribution in [0.4, 0.5) is 10.5 Å². The number of thiophene rings is 1. The van der Waals surface area contributed by atoms with Crippen molar-refractivity contribution >= 4 is 34.7 Å². The number of anilines is 1. The van der Waals surface area contributed by atoms with E-state index in [2.05, 4.69) is 21.3 Å². The largest absolute Gasteiger partial charge is 0.382 e. The van der Waals surface area contributed by atoms with E-state index in [0.29, 0.717) is 12.1 Å². The topological polar surface area (TPSA) is 91.8 Å². The Labute approximate surface area is 136 Å². The van der Waals surface area contributed by atoms with Crippen molar-refractivity contribution in [2.75, 3.05) is 5.32 Å². The molecule has 0 aliphatic carbocycles. The average molecular weight is 330 g/mol. The van der Waals surface area contributed by atoms with Crippen LogP contribution in [0.1, 0.15) is 11.3 Å². The predicted molar refractivity (Wildman–Crippen MR) is 87.1 cm³/mol. The lowest BCUT2D eigenvalue weighted by atomic mass is 10.1. The monoisotopic (exact) mass is 330 g/mol. The van der Waals surface area contributed by atoms with Gasteiger partial charge in [-0.2, -0.15) is 0 Å². The second kappa shape index (κ2) is 6.93. The summed E-state index contributed by atoms with van der Waals surface area (Å²) in [6.07, 6.45) is -0.377. The Bertz CT molecular complexity index is 716. The summed E-state index contributed by atoms with van der Waals surface area (Å²) in [7, 11) is 0. The highest BCUT2D eigenvalue weighted by molar-refractivity contribution is 7.12. The van der Waals surface area contributed by atoms with Gasteiger partial charge in [-0.1, -0.05) is 29.4 Å². The molecule has 0 fully saturated rings. The van der Waals surface area contributed by atoms with Crippen molar-refractivity contribution in [2.45, 2.75) is 12.5 Å². The summed E-state index contributed by atoms with van der Waals surface area (Å²) in [5.41, 5.74) is 5.95. The summed E-state index contributed by atoms with van der Waals surface area (Å²) >= 11 is 1.53. The summed E-state index contributed by atoms with van der Waals surface area (Å²) in [5, 5.41) is 8.43. The van der Waals surface area contributed by atoms with Gasteiger partial charge in [0.2, 0.25) is 6.10 Å². The smallest absolute Gasteiger partial charge is 0.337 e. The number of nitrogens with one attached hydrogen (secondary N) is 3. The molecule has 1 aliphatic rings. The molecule has 1 atom stereocenters. The Hall–Kier alpha value is -2.87. The summed E-state index contributed by atoms with van der Waals surface area (Å²) in [5.74, 6) is -0.455. The highest BCUT2D eigenvalue weighted by atomic mass is 32.1. The lowest BCUT2D eigenvalue weighted by Crippen LogP contribution is -2.48.